The van der Waals surface area contributed by atoms with E-state index in [2.05, 4.69) is 0 Å². The number of halogens is 3. The molecule has 0 heterocycles. The molecule has 0 saturated heterocycles. The molecule has 0 N–H and O–H groups in total. The molecule has 126 valence electrons. The first kappa shape index (κ1) is 20.7. The standard InChI is InChI=1S/C9H14O3Si.C6H5Cl3Si/c1-10-13(11-2,12-3)9-7-5-4-6-8-9;7-10(8,9)6-4-2-1-3-5-6/h4-8H,1-3H3;1-5H. The Bertz CT molecular complexity index is 553. The van der Waals surface area contributed by atoms with Crippen molar-refractivity contribution >= 4 is 58.4 Å². The van der Waals surface area contributed by atoms with Gasteiger partial charge in [-0.2, -0.15) is 0 Å². The second-order valence-corrected chi connectivity index (χ2v) is 15.7. The van der Waals surface area contributed by atoms with Gasteiger partial charge in [0.15, 0.2) is 0 Å². The Kier molecular flexibility index (Phi) is 8.81. The third kappa shape index (κ3) is 6.21. The average molecular weight is 410 g/mol. The minimum absolute atomic E-state index is 0.833. The van der Waals surface area contributed by atoms with Gasteiger partial charge in [0.05, 0.1) is 0 Å². The Morgan fingerprint density at radius 2 is 0.957 bits per heavy atom. The molecule has 0 radical (unpaired) electrons. The Labute approximate surface area is 153 Å². The van der Waals surface area contributed by atoms with Crippen LogP contribution >= 0.6 is 33.2 Å². The van der Waals surface area contributed by atoms with Crippen LogP contribution in [0.3, 0.4) is 0 Å². The van der Waals surface area contributed by atoms with E-state index < -0.39 is 14.8 Å². The van der Waals surface area contributed by atoms with Gasteiger partial charge in [0.25, 0.3) is 0 Å². The molecule has 2 rings (SSSR count). The van der Waals surface area contributed by atoms with Gasteiger partial charge in [0, 0.05) is 26.5 Å². The molecule has 3 nitrogen and oxygen atoms in total. The van der Waals surface area contributed by atoms with Gasteiger partial charge >= 0.3 is 14.8 Å². The van der Waals surface area contributed by atoms with E-state index in [0.29, 0.717) is 0 Å². The van der Waals surface area contributed by atoms with Crippen molar-refractivity contribution in [2.45, 2.75) is 0 Å². The zero-order valence-corrected chi connectivity index (χ0v) is 17.4. The average Bonchev–Trinajstić information content (AvgIpc) is 2.59. The van der Waals surface area contributed by atoms with Gasteiger partial charge in [0.1, 0.15) is 0 Å². The molecule has 0 aliphatic carbocycles. The molecule has 8 heteroatoms. The fraction of sp³-hybridized carbons (Fsp3) is 0.200. The van der Waals surface area contributed by atoms with Crippen LogP contribution in [0, 0.1) is 0 Å². The van der Waals surface area contributed by atoms with Crippen LogP contribution in [0.4, 0.5) is 0 Å². The fourth-order valence-corrected chi connectivity index (χ4v) is 5.39. The molecule has 0 saturated carbocycles. The molecule has 2 aromatic carbocycles. The lowest BCUT2D eigenvalue weighted by Crippen LogP contribution is -2.54. The zero-order valence-electron chi connectivity index (χ0n) is 13.1. The first-order valence-electron chi connectivity index (χ1n) is 6.73. The smallest absolute Gasteiger partial charge is 0.373 e. The van der Waals surface area contributed by atoms with Crippen molar-refractivity contribution in [2.75, 3.05) is 21.3 Å². The summed E-state index contributed by atoms with van der Waals surface area (Å²) in [5, 5.41) is 1.81. The van der Waals surface area contributed by atoms with Crippen LogP contribution in [0.15, 0.2) is 60.7 Å². The molecule has 2 aromatic rings. The second kappa shape index (κ2) is 9.81. The third-order valence-electron chi connectivity index (χ3n) is 3.03. The van der Waals surface area contributed by atoms with Crippen LogP contribution in [0.2, 0.25) is 0 Å². The summed E-state index contributed by atoms with van der Waals surface area (Å²) in [6, 6.07) is 16.4. The highest BCUT2D eigenvalue weighted by Gasteiger charge is 2.40. The van der Waals surface area contributed by atoms with E-state index in [1.165, 1.54) is 0 Å². The van der Waals surface area contributed by atoms with Crippen molar-refractivity contribution in [2.24, 2.45) is 0 Å². The minimum Gasteiger partial charge on any atom is -0.373 e. The Morgan fingerprint density at radius 3 is 1.22 bits per heavy atom. The first-order chi connectivity index (χ1) is 10.9. The monoisotopic (exact) mass is 408 g/mol. The van der Waals surface area contributed by atoms with Gasteiger partial charge < -0.3 is 13.3 Å². The van der Waals surface area contributed by atoms with Crippen LogP contribution in [0.1, 0.15) is 0 Å². The summed E-state index contributed by atoms with van der Waals surface area (Å²) < 4.78 is 16.0. The normalized spacial score (nSPS) is 11.6. The van der Waals surface area contributed by atoms with Crippen LogP contribution in [0.5, 0.6) is 0 Å². The molecule has 0 amide bonds. The summed E-state index contributed by atoms with van der Waals surface area (Å²) in [5.41, 5.74) is 0. The van der Waals surface area contributed by atoms with Gasteiger partial charge in [-0.15, -0.1) is 33.2 Å². The lowest BCUT2D eigenvalue weighted by molar-refractivity contribution is 0.140. The summed E-state index contributed by atoms with van der Waals surface area (Å²) in [7, 11) is 2.22. The second-order valence-electron chi connectivity index (χ2n) is 4.40. The van der Waals surface area contributed by atoms with E-state index >= 15 is 0 Å². The Morgan fingerprint density at radius 1 is 0.609 bits per heavy atom. The zero-order chi connectivity index (χ0) is 17.3. The molecule has 0 aliphatic heterocycles. The van der Waals surface area contributed by atoms with Crippen molar-refractivity contribution in [3.63, 3.8) is 0 Å². The van der Waals surface area contributed by atoms with E-state index in [1.807, 2.05) is 60.7 Å². The molecule has 0 aliphatic rings. The van der Waals surface area contributed by atoms with Crippen LogP contribution < -0.4 is 10.4 Å². The van der Waals surface area contributed by atoms with E-state index in [4.69, 9.17) is 46.5 Å². The van der Waals surface area contributed by atoms with Crippen molar-refractivity contribution in [1.29, 1.82) is 0 Å². The molecule has 0 atom stereocenters. The molecule has 0 aromatic heterocycles. The quantitative estimate of drug-likeness (QED) is 0.560. The fourth-order valence-electron chi connectivity index (χ4n) is 1.87. The van der Waals surface area contributed by atoms with Crippen molar-refractivity contribution in [3.05, 3.63) is 60.7 Å². The van der Waals surface area contributed by atoms with Gasteiger partial charge in [-0.1, -0.05) is 60.7 Å². The maximum absolute atomic E-state index is 5.73. The van der Waals surface area contributed by atoms with Gasteiger partial charge in [-0.25, -0.2) is 0 Å². The van der Waals surface area contributed by atoms with E-state index in [-0.39, 0.29) is 0 Å². The lowest BCUT2D eigenvalue weighted by Gasteiger charge is -2.24. The maximum atomic E-state index is 5.73. The first-order valence-corrected chi connectivity index (χ1v) is 13.5. The number of rotatable bonds is 5. The molecule has 0 spiro atoms. The minimum atomic E-state index is -2.62. The van der Waals surface area contributed by atoms with Crippen LogP contribution in [-0.4, -0.2) is 36.1 Å². The highest BCUT2D eigenvalue weighted by Crippen LogP contribution is 2.18. The topological polar surface area (TPSA) is 27.7 Å². The predicted molar refractivity (Wildman–Crippen MR) is 102 cm³/mol. The highest BCUT2D eigenvalue weighted by atomic mass is 35.8. The molecule has 0 bridgehead atoms. The molecular weight excluding hydrogens is 391 g/mol. The largest absolute Gasteiger partial charge is 0.536 e. The van der Waals surface area contributed by atoms with Crippen molar-refractivity contribution in [3.8, 4) is 0 Å². The Balaban J connectivity index is 0.000000238. The molecule has 0 fully saturated rings. The van der Waals surface area contributed by atoms with Gasteiger partial charge in [0.2, 0.25) is 0 Å². The molecule has 0 unspecified atom stereocenters. The summed E-state index contributed by atoms with van der Waals surface area (Å²) in [5.74, 6) is 0. The summed E-state index contributed by atoms with van der Waals surface area (Å²) in [6.07, 6.45) is 0. The summed E-state index contributed by atoms with van der Waals surface area (Å²) >= 11 is 17.2. The Hall–Kier alpha value is -0.376. The van der Waals surface area contributed by atoms with E-state index in [0.717, 1.165) is 10.4 Å². The molecule has 23 heavy (non-hydrogen) atoms. The maximum Gasteiger partial charge on any atom is 0.536 e. The predicted octanol–water partition coefficient (Wildman–Crippen LogP) is 3.32. The number of hydrogen-bond acceptors (Lipinski definition) is 3. The van der Waals surface area contributed by atoms with E-state index in [1.54, 1.807) is 21.3 Å². The number of benzene rings is 2. The van der Waals surface area contributed by atoms with Crippen molar-refractivity contribution < 1.29 is 13.3 Å². The van der Waals surface area contributed by atoms with Crippen molar-refractivity contribution in [1.82, 2.24) is 0 Å². The summed E-state index contributed by atoms with van der Waals surface area (Å²) in [4.78, 5) is 0. The SMILES string of the molecule is CO[Si](OC)(OC)c1ccccc1.Cl[Si](Cl)(Cl)c1ccccc1. The third-order valence-corrected chi connectivity index (χ3v) is 8.64. The van der Waals surface area contributed by atoms with E-state index in [9.17, 15) is 0 Å². The highest BCUT2D eigenvalue weighted by molar-refractivity contribution is 7.69. The lowest BCUT2D eigenvalue weighted by atomic mass is 10.4. The van der Waals surface area contributed by atoms with Gasteiger partial charge in [-0.05, 0) is 5.19 Å². The molecular formula is C15H19Cl3O3Si2. The van der Waals surface area contributed by atoms with Gasteiger partial charge in [-0.3, -0.25) is 0 Å². The van der Waals surface area contributed by atoms with Crippen LogP contribution in [0.25, 0.3) is 0 Å². The summed E-state index contributed by atoms with van der Waals surface area (Å²) in [6.45, 7) is 0. The van der Waals surface area contributed by atoms with Crippen LogP contribution in [-0.2, 0) is 13.3 Å². The number of hydrogen-bond donors (Lipinski definition) is 0.